The van der Waals surface area contributed by atoms with Crippen molar-refractivity contribution < 1.29 is 9.47 Å². The van der Waals surface area contributed by atoms with Crippen molar-refractivity contribution in [3.8, 4) is 5.75 Å². The van der Waals surface area contributed by atoms with Gasteiger partial charge in [-0.3, -0.25) is 4.98 Å². The minimum atomic E-state index is -0.0207. The van der Waals surface area contributed by atoms with Gasteiger partial charge in [0.2, 0.25) is 0 Å². The molecule has 2 N–H and O–H groups in total. The van der Waals surface area contributed by atoms with E-state index in [2.05, 4.69) is 18.8 Å². The lowest BCUT2D eigenvalue weighted by molar-refractivity contribution is 0.118. The van der Waals surface area contributed by atoms with E-state index in [0.29, 0.717) is 18.6 Å². The first-order chi connectivity index (χ1) is 8.70. The van der Waals surface area contributed by atoms with Crippen molar-refractivity contribution in [2.75, 3.05) is 13.2 Å². The molecule has 100 valence electrons. The smallest absolute Gasteiger partial charge is 0.137 e. The van der Waals surface area contributed by atoms with Gasteiger partial charge in [-0.05, 0) is 31.4 Å². The van der Waals surface area contributed by atoms with Crippen molar-refractivity contribution in [1.29, 1.82) is 0 Å². The fraction of sp³-hybridized carbons (Fsp3) is 0.643. The summed E-state index contributed by atoms with van der Waals surface area (Å²) in [6.07, 6.45) is 5.88. The summed E-state index contributed by atoms with van der Waals surface area (Å²) in [6, 6.07) is 1.98. The molecule has 3 unspecified atom stereocenters. The summed E-state index contributed by atoms with van der Waals surface area (Å²) < 4.78 is 11.2. The van der Waals surface area contributed by atoms with Crippen LogP contribution in [-0.4, -0.2) is 24.3 Å². The monoisotopic (exact) mass is 250 g/mol. The topological polar surface area (TPSA) is 57.4 Å². The van der Waals surface area contributed by atoms with E-state index in [-0.39, 0.29) is 6.04 Å². The molecule has 18 heavy (non-hydrogen) atoms. The lowest BCUT2D eigenvalue weighted by atomic mass is 9.93. The molecule has 4 heteroatoms. The van der Waals surface area contributed by atoms with Gasteiger partial charge in [0, 0.05) is 18.2 Å². The van der Waals surface area contributed by atoms with E-state index in [4.69, 9.17) is 15.2 Å². The summed E-state index contributed by atoms with van der Waals surface area (Å²) >= 11 is 0. The standard InChI is InChI=1S/C14H22N2O2/c1-3-4-17-13-6-11(7-16-8-13)14(15)12-5-10(2)18-9-12/h6-8,10,12,14H,3-5,9,15H2,1-2H3. The maximum Gasteiger partial charge on any atom is 0.137 e. The summed E-state index contributed by atoms with van der Waals surface area (Å²) in [6.45, 7) is 5.62. The third-order valence-corrected chi connectivity index (χ3v) is 3.33. The highest BCUT2D eigenvalue weighted by Gasteiger charge is 2.28. The van der Waals surface area contributed by atoms with Crippen LogP contribution in [0.1, 0.15) is 38.3 Å². The van der Waals surface area contributed by atoms with Crippen LogP contribution in [0.15, 0.2) is 18.5 Å². The first-order valence-electron chi connectivity index (χ1n) is 6.65. The normalized spacial score (nSPS) is 25.1. The second-order valence-corrected chi connectivity index (χ2v) is 4.97. The zero-order chi connectivity index (χ0) is 13.0. The van der Waals surface area contributed by atoms with Crippen LogP contribution < -0.4 is 10.5 Å². The fourth-order valence-corrected chi connectivity index (χ4v) is 2.29. The van der Waals surface area contributed by atoms with Crippen LogP contribution in [-0.2, 0) is 4.74 Å². The third-order valence-electron chi connectivity index (χ3n) is 3.33. The molecule has 0 bridgehead atoms. The number of aromatic nitrogens is 1. The summed E-state index contributed by atoms with van der Waals surface area (Å²) in [5.74, 6) is 1.18. The predicted octanol–water partition coefficient (Wildman–Crippen LogP) is 2.30. The lowest BCUT2D eigenvalue weighted by Crippen LogP contribution is -2.22. The van der Waals surface area contributed by atoms with Crippen molar-refractivity contribution in [1.82, 2.24) is 4.98 Å². The highest BCUT2D eigenvalue weighted by atomic mass is 16.5. The van der Waals surface area contributed by atoms with Crippen LogP contribution in [0.4, 0.5) is 0 Å². The zero-order valence-corrected chi connectivity index (χ0v) is 11.1. The molecule has 0 spiro atoms. The van der Waals surface area contributed by atoms with Crippen LogP contribution in [0.2, 0.25) is 0 Å². The van der Waals surface area contributed by atoms with E-state index >= 15 is 0 Å². The number of ether oxygens (including phenoxy) is 2. The molecular weight excluding hydrogens is 228 g/mol. The SMILES string of the molecule is CCCOc1cncc(C(N)C2COC(C)C2)c1. The van der Waals surface area contributed by atoms with Crippen LogP contribution in [0.25, 0.3) is 0 Å². The Kier molecular flexibility index (Phi) is 4.55. The van der Waals surface area contributed by atoms with E-state index < -0.39 is 0 Å². The molecule has 1 saturated heterocycles. The van der Waals surface area contributed by atoms with Crippen molar-refractivity contribution in [2.24, 2.45) is 11.7 Å². The molecule has 1 aromatic heterocycles. The van der Waals surface area contributed by atoms with Gasteiger partial charge < -0.3 is 15.2 Å². The van der Waals surface area contributed by atoms with Crippen LogP contribution in [0.5, 0.6) is 5.75 Å². The molecule has 3 atom stereocenters. The summed E-state index contributed by atoms with van der Waals surface area (Å²) in [5, 5.41) is 0. The first kappa shape index (κ1) is 13.3. The van der Waals surface area contributed by atoms with E-state index in [0.717, 1.165) is 30.8 Å². The average Bonchev–Trinajstić information content (AvgIpc) is 2.82. The molecule has 0 aliphatic carbocycles. The molecule has 1 aliphatic rings. The maximum absolute atomic E-state index is 6.28. The van der Waals surface area contributed by atoms with Gasteiger partial charge in [0.15, 0.2) is 0 Å². The summed E-state index contributed by atoms with van der Waals surface area (Å²) in [7, 11) is 0. The second kappa shape index (κ2) is 6.16. The molecule has 2 rings (SSSR count). The summed E-state index contributed by atoms with van der Waals surface area (Å²) in [5.41, 5.74) is 7.32. The number of nitrogens with zero attached hydrogens (tertiary/aromatic N) is 1. The molecule has 1 aliphatic heterocycles. The Labute approximate surface area is 108 Å². The Morgan fingerprint density at radius 3 is 3.06 bits per heavy atom. The van der Waals surface area contributed by atoms with Crippen molar-refractivity contribution in [3.63, 3.8) is 0 Å². The van der Waals surface area contributed by atoms with Crippen LogP contribution in [0.3, 0.4) is 0 Å². The Morgan fingerprint density at radius 2 is 2.39 bits per heavy atom. The largest absolute Gasteiger partial charge is 0.492 e. The number of nitrogens with two attached hydrogens (primary N) is 1. The Morgan fingerprint density at radius 1 is 1.56 bits per heavy atom. The van der Waals surface area contributed by atoms with Gasteiger partial charge in [0.25, 0.3) is 0 Å². The predicted molar refractivity (Wildman–Crippen MR) is 70.5 cm³/mol. The Hall–Kier alpha value is -1.13. The Balaban J connectivity index is 2.03. The third kappa shape index (κ3) is 3.21. The zero-order valence-electron chi connectivity index (χ0n) is 11.1. The number of pyridine rings is 1. The van der Waals surface area contributed by atoms with Crippen molar-refractivity contribution in [3.05, 3.63) is 24.0 Å². The number of hydrogen-bond donors (Lipinski definition) is 1. The highest BCUT2D eigenvalue weighted by Crippen LogP contribution is 2.30. The maximum atomic E-state index is 6.28. The van der Waals surface area contributed by atoms with Gasteiger partial charge in [-0.2, -0.15) is 0 Å². The minimum Gasteiger partial charge on any atom is -0.492 e. The number of hydrogen-bond acceptors (Lipinski definition) is 4. The van der Waals surface area contributed by atoms with Gasteiger partial charge in [0.1, 0.15) is 5.75 Å². The van der Waals surface area contributed by atoms with E-state index in [1.54, 1.807) is 6.20 Å². The molecule has 1 aromatic rings. The molecule has 1 fully saturated rings. The minimum absolute atomic E-state index is 0.0207. The molecule has 0 saturated carbocycles. The second-order valence-electron chi connectivity index (χ2n) is 4.97. The van der Waals surface area contributed by atoms with Crippen molar-refractivity contribution in [2.45, 2.75) is 38.8 Å². The first-order valence-corrected chi connectivity index (χ1v) is 6.65. The molecule has 0 amide bonds. The lowest BCUT2D eigenvalue weighted by Gasteiger charge is -2.18. The average molecular weight is 250 g/mol. The van der Waals surface area contributed by atoms with E-state index in [1.807, 2.05) is 12.3 Å². The van der Waals surface area contributed by atoms with Gasteiger partial charge >= 0.3 is 0 Å². The van der Waals surface area contributed by atoms with Crippen LogP contribution in [0, 0.1) is 5.92 Å². The highest BCUT2D eigenvalue weighted by molar-refractivity contribution is 5.26. The van der Waals surface area contributed by atoms with Crippen LogP contribution >= 0.6 is 0 Å². The summed E-state index contributed by atoms with van der Waals surface area (Å²) in [4.78, 5) is 4.20. The van der Waals surface area contributed by atoms with Gasteiger partial charge in [0.05, 0.1) is 25.5 Å². The van der Waals surface area contributed by atoms with Gasteiger partial charge in [-0.15, -0.1) is 0 Å². The molecule has 2 heterocycles. The van der Waals surface area contributed by atoms with Gasteiger partial charge in [-0.25, -0.2) is 0 Å². The van der Waals surface area contributed by atoms with Crippen molar-refractivity contribution >= 4 is 0 Å². The molecule has 0 radical (unpaired) electrons. The fourth-order valence-electron chi connectivity index (χ4n) is 2.29. The van der Waals surface area contributed by atoms with Gasteiger partial charge in [-0.1, -0.05) is 6.92 Å². The quantitative estimate of drug-likeness (QED) is 0.871. The molecule has 0 aromatic carbocycles. The Bertz CT molecular complexity index is 384. The molecule has 4 nitrogen and oxygen atoms in total. The van der Waals surface area contributed by atoms with E-state index in [9.17, 15) is 0 Å². The molecular formula is C14H22N2O2. The van der Waals surface area contributed by atoms with E-state index in [1.165, 1.54) is 0 Å². The number of rotatable bonds is 5.